The maximum atomic E-state index is 12.1. The van der Waals surface area contributed by atoms with Crippen LogP contribution in [-0.2, 0) is 10.0 Å². The topological polar surface area (TPSA) is 85.2 Å². The molecule has 0 aromatic heterocycles. The van der Waals surface area contributed by atoms with Crippen molar-refractivity contribution in [3.05, 3.63) is 0 Å². The number of hydrogen-bond acceptors (Lipinski definition) is 4. The summed E-state index contributed by atoms with van der Waals surface area (Å²) in [6, 6.07) is 0. The van der Waals surface area contributed by atoms with Gasteiger partial charge in [-0.2, -0.15) is 0 Å². The van der Waals surface area contributed by atoms with E-state index in [0.29, 0.717) is 25.6 Å². The molecule has 1 heterocycles. The van der Waals surface area contributed by atoms with E-state index >= 15 is 0 Å². The largest absolute Gasteiger partial charge is 0.393 e. The highest BCUT2D eigenvalue weighted by molar-refractivity contribution is 14.0. The third kappa shape index (κ3) is 6.55. The summed E-state index contributed by atoms with van der Waals surface area (Å²) in [7, 11) is -1.52. The van der Waals surface area contributed by atoms with Crippen molar-refractivity contribution in [2.75, 3.05) is 45.5 Å². The number of halogens is 1. The fourth-order valence-corrected chi connectivity index (χ4v) is 3.85. The van der Waals surface area contributed by atoms with E-state index in [4.69, 9.17) is 0 Å². The summed E-state index contributed by atoms with van der Waals surface area (Å²) in [5.41, 5.74) is 0. The molecule has 0 spiro atoms. The first-order valence-electron chi connectivity index (χ1n) is 7.56. The highest BCUT2D eigenvalue weighted by Crippen LogP contribution is 2.09. The Kier molecular flexibility index (Phi) is 10.5. The first-order valence-corrected chi connectivity index (χ1v) is 9.17. The fraction of sp³-hybridized carbons (Fsp3) is 0.923. The van der Waals surface area contributed by atoms with E-state index in [2.05, 4.69) is 15.2 Å². The lowest BCUT2D eigenvalue weighted by Crippen LogP contribution is -2.48. The van der Waals surface area contributed by atoms with E-state index < -0.39 is 10.0 Å². The number of rotatable bonds is 6. The van der Waals surface area contributed by atoms with E-state index in [0.717, 1.165) is 25.9 Å². The third-order valence-electron chi connectivity index (χ3n) is 3.72. The summed E-state index contributed by atoms with van der Waals surface area (Å²) in [6.07, 6.45) is 1.21. The standard InChI is InChI=1S/C13H28N4O3S.HI/c1-4-17(5-2)21(19,20)11-8-15-13(14-3)16-9-6-12(18)7-10-16;/h12,18H,4-11H2,1-3H3,(H,14,15);1H. The van der Waals surface area contributed by atoms with Gasteiger partial charge in [0.05, 0.1) is 11.9 Å². The first kappa shape index (κ1) is 21.9. The van der Waals surface area contributed by atoms with Gasteiger partial charge in [0.15, 0.2) is 5.96 Å². The molecule has 0 aromatic carbocycles. The Bertz CT molecular complexity index is 433. The molecule has 0 aromatic rings. The van der Waals surface area contributed by atoms with E-state index in [9.17, 15) is 13.5 Å². The lowest BCUT2D eigenvalue weighted by molar-refractivity contribution is 0.108. The zero-order chi connectivity index (χ0) is 15.9. The molecule has 0 saturated carbocycles. The molecule has 1 fully saturated rings. The summed E-state index contributed by atoms with van der Waals surface area (Å²) in [6.45, 7) is 6.49. The number of nitrogens with one attached hydrogen (secondary N) is 1. The van der Waals surface area contributed by atoms with Gasteiger partial charge in [-0.05, 0) is 12.8 Å². The average Bonchev–Trinajstić information content (AvgIpc) is 2.46. The van der Waals surface area contributed by atoms with Crippen molar-refractivity contribution >= 4 is 40.0 Å². The minimum absolute atomic E-state index is 0. The van der Waals surface area contributed by atoms with Crippen molar-refractivity contribution in [3.8, 4) is 0 Å². The van der Waals surface area contributed by atoms with Gasteiger partial charge in [-0.1, -0.05) is 13.8 Å². The quantitative estimate of drug-likeness (QED) is 0.347. The molecule has 9 heteroatoms. The molecule has 0 unspecified atom stereocenters. The number of sulfonamides is 1. The van der Waals surface area contributed by atoms with Crippen LogP contribution in [0.2, 0.25) is 0 Å². The number of aliphatic imine (C=N–C) groups is 1. The van der Waals surface area contributed by atoms with Gasteiger partial charge in [0.2, 0.25) is 10.0 Å². The summed E-state index contributed by atoms with van der Waals surface area (Å²) >= 11 is 0. The number of nitrogens with zero attached hydrogens (tertiary/aromatic N) is 3. The molecule has 0 aliphatic carbocycles. The summed E-state index contributed by atoms with van der Waals surface area (Å²) in [5, 5.41) is 12.6. The number of hydrogen-bond donors (Lipinski definition) is 2. The van der Waals surface area contributed by atoms with Crippen LogP contribution in [0.1, 0.15) is 26.7 Å². The molecule has 22 heavy (non-hydrogen) atoms. The van der Waals surface area contributed by atoms with Gasteiger partial charge in [0.1, 0.15) is 0 Å². The molecule has 0 atom stereocenters. The summed E-state index contributed by atoms with van der Waals surface area (Å²) in [4.78, 5) is 6.24. The number of guanidine groups is 1. The Balaban J connectivity index is 0.00000441. The number of likely N-dealkylation sites (tertiary alicyclic amines) is 1. The second kappa shape index (κ2) is 10.6. The maximum Gasteiger partial charge on any atom is 0.215 e. The summed E-state index contributed by atoms with van der Waals surface area (Å²) in [5.74, 6) is 0.765. The Morgan fingerprint density at radius 3 is 2.32 bits per heavy atom. The van der Waals surface area contributed by atoms with Gasteiger partial charge in [-0.25, -0.2) is 12.7 Å². The third-order valence-corrected chi connectivity index (χ3v) is 5.74. The summed E-state index contributed by atoms with van der Waals surface area (Å²) < 4.78 is 25.6. The molecular weight excluding hydrogens is 419 g/mol. The van der Waals surface area contributed by atoms with Gasteiger partial charge in [-0.15, -0.1) is 24.0 Å². The smallest absolute Gasteiger partial charge is 0.215 e. The lowest BCUT2D eigenvalue weighted by Gasteiger charge is -2.32. The van der Waals surface area contributed by atoms with Crippen LogP contribution in [-0.4, -0.2) is 80.3 Å². The molecule has 1 rings (SSSR count). The van der Waals surface area contributed by atoms with Gasteiger partial charge in [0.25, 0.3) is 0 Å². The molecule has 0 radical (unpaired) electrons. The van der Waals surface area contributed by atoms with Gasteiger partial charge in [0, 0.05) is 39.8 Å². The van der Waals surface area contributed by atoms with Crippen molar-refractivity contribution in [3.63, 3.8) is 0 Å². The van der Waals surface area contributed by atoms with E-state index in [1.165, 1.54) is 4.31 Å². The highest BCUT2D eigenvalue weighted by Gasteiger charge is 2.21. The molecule has 1 aliphatic heterocycles. The molecule has 2 N–H and O–H groups in total. The minimum Gasteiger partial charge on any atom is -0.393 e. The van der Waals surface area contributed by atoms with Gasteiger partial charge < -0.3 is 15.3 Å². The molecular formula is C13H29IN4O3S. The van der Waals surface area contributed by atoms with Crippen LogP contribution in [0, 0.1) is 0 Å². The van der Waals surface area contributed by atoms with Crippen LogP contribution in [0.4, 0.5) is 0 Å². The minimum atomic E-state index is -3.21. The Morgan fingerprint density at radius 2 is 1.86 bits per heavy atom. The Morgan fingerprint density at radius 1 is 1.32 bits per heavy atom. The number of aliphatic hydroxyl groups is 1. The van der Waals surface area contributed by atoms with Crippen molar-refractivity contribution in [1.82, 2.24) is 14.5 Å². The van der Waals surface area contributed by atoms with E-state index in [-0.39, 0.29) is 35.8 Å². The van der Waals surface area contributed by atoms with Crippen LogP contribution in [0.3, 0.4) is 0 Å². The predicted octanol–water partition coefficient (Wildman–Crippen LogP) is 0.308. The fourth-order valence-electron chi connectivity index (χ4n) is 2.45. The average molecular weight is 448 g/mol. The molecule has 1 aliphatic rings. The SMILES string of the molecule is CCN(CC)S(=O)(=O)CCNC(=NC)N1CCC(O)CC1.I. The van der Waals surface area contributed by atoms with E-state index in [1.54, 1.807) is 7.05 Å². The van der Waals surface area contributed by atoms with Crippen LogP contribution in [0.25, 0.3) is 0 Å². The molecule has 7 nitrogen and oxygen atoms in total. The predicted molar refractivity (Wildman–Crippen MR) is 100 cm³/mol. The zero-order valence-corrected chi connectivity index (χ0v) is 16.8. The zero-order valence-electron chi connectivity index (χ0n) is 13.7. The monoisotopic (exact) mass is 448 g/mol. The van der Waals surface area contributed by atoms with Crippen molar-refractivity contribution in [2.45, 2.75) is 32.8 Å². The number of piperidine rings is 1. The van der Waals surface area contributed by atoms with Gasteiger partial charge >= 0.3 is 0 Å². The van der Waals surface area contributed by atoms with Crippen LogP contribution < -0.4 is 5.32 Å². The number of aliphatic hydroxyl groups excluding tert-OH is 1. The molecule has 132 valence electrons. The molecule has 0 bridgehead atoms. The van der Waals surface area contributed by atoms with Crippen molar-refractivity contribution in [1.29, 1.82) is 0 Å². The van der Waals surface area contributed by atoms with Crippen molar-refractivity contribution < 1.29 is 13.5 Å². The van der Waals surface area contributed by atoms with Crippen molar-refractivity contribution in [2.24, 2.45) is 4.99 Å². The highest BCUT2D eigenvalue weighted by atomic mass is 127. The second-order valence-electron chi connectivity index (χ2n) is 5.09. The Labute approximate surface area is 151 Å². The first-order chi connectivity index (χ1) is 9.94. The molecule has 0 amide bonds. The van der Waals surface area contributed by atoms with E-state index in [1.807, 2.05) is 13.8 Å². The lowest BCUT2D eigenvalue weighted by atomic mass is 10.1. The Hall–Kier alpha value is -0.130. The van der Waals surface area contributed by atoms with Crippen LogP contribution >= 0.6 is 24.0 Å². The van der Waals surface area contributed by atoms with Crippen LogP contribution in [0.5, 0.6) is 0 Å². The second-order valence-corrected chi connectivity index (χ2v) is 7.18. The van der Waals surface area contributed by atoms with Gasteiger partial charge in [-0.3, -0.25) is 4.99 Å². The molecule has 1 saturated heterocycles. The normalized spacial score (nSPS) is 17.5. The van der Waals surface area contributed by atoms with Crippen LogP contribution in [0.15, 0.2) is 4.99 Å². The maximum absolute atomic E-state index is 12.1.